The van der Waals surface area contributed by atoms with Crippen LogP contribution in [-0.4, -0.2) is 14.9 Å². The number of rotatable bonds is 2. The van der Waals surface area contributed by atoms with Crippen molar-refractivity contribution in [3.8, 4) is 11.3 Å². The molecular formula is C10H5ClFN3O2. The zero-order valence-corrected chi connectivity index (χ0v) is 9.06. The molecule has 1 heterocycles. The lowest BCUT2D eigenvalue weighted by atomic mass is 10.1. The van der Waals surface area contributed by atoms with Gasteiger partial charge in [-0.1, -0.05) is 11.6 Å². The zero-order valence-electron chi connectivity index (χ0n) is 8.30. The highest BCUT2D eigenvalue weighted by molar-refractivity contribution is 6.29. The fourth-order valence-electron chi connectivity index (χ4n) is 1.30. The molecule has 7 heteroatoms. The Kier molecular flexibility index (Phi) is 2.97. The van der Waals surface area contributed by atoms with Crippen LogP contribution in [-0.2, 0) is 0 Å². The van der Waals surface area contributed by atoms with E-state index in [1.165, 1.54) is 6.07 Å². The molecule has 1 aromatic carbocycles. The van der Waals surface area contributed by atoms with Crippen molar-refractivity contribution < 1.29 is 9.31 Å². The van der Waals surface area contributed by atoms with Crippen molar-refractivity contribution in [2.75, 3.05) is 0 Å². The van der Waals surface area contributed by atoms with E-state index in [0.717, 1.165) is 24.5 Å². The van der Waals surface area contributed by atoms with Crippen LogP contribution in [0.5, 0.6) is 0 Å². The Morgan fingerprint density at radius 3 is 2.71 bits per heavy atom. The van der Waals surface area contributed by atoms with Crippen LogP contribution < -0.4 is 0 Å². The monoisotopic (exact) mass is 253 g/mol. The average molecular weight is 254 g/mol. The number of aromatic nitrogens is 2. The molecule has 0 saturated heterocycles. The van der Waals surface area contributed by atoms with Crippen LogP contribution in [0.4, 0.5) is 10.1 Å². The van der Waals surface area contributed by atoms with Gasteiger partial charge in [-0.05, 0) is 6.07 Å². The van der Waals surface area contributed by atoms with Crippen molar-refractivity contribution in [3.05, 3.63) is 51.7 Å². The fraction of sp³-hybridized carbons (Fsp3) is 0. The van der Waals surface area contributed by atoms with Crippen LogP contribution in [0.2, 0.25) is 5.15 Å². The standard InChI is InChI=1S/C10H5ClFN3O2/c11-10-4-9(13-5-14-10)7-3-6(15(16)17)1-2-8(7)12/h1-5H. The minimum absolute atomic E-state index is 0.0171. The lowest BCUT2D eigenvalue weighted by molar-refractivity contribution is -0.384. The largest absolute Gasteiger partial charge is 0.270 e. The van der Waals surface area contributed by atoms with Crippen LogP contribution in [0.1, 0.15) is 0 Å². The summed E-state index contributed by atoms with van der Waals surface area (Å²) in [5.41, 5.74) is 0.00540. The molecule has 0 unspecified atom stereocenters. The SMILES string of the molecule is O=[N+]([O-])c1ccc(F)c(-c2cc(Cl)ncn2)c1. The lowest BCUT2D eigenvalue weighted by Gasteiger charge is -2.02. The van der Waals surface area contributed by atoms with Crippen LogP contribution >= 0.6 is 11.6 Å². The summed E-state index contributed by atoms with van der Waals surface area (Å²) in [6, 6.07) is 4.54. The number of hydrogen-bond acceptors (Lipinski definition) is 4. The fourth-order valence-corrected chi connectivity index (χ4v) is 1.45. The molecular weight excluding hydrogens is 249 g/mol. The molecule has 0 aliphatic rings. The Balaban J connectivity index is 2.58. The third-order valence-corrected chi connectivity index (χ3v) is 2.28. The van der Waals surface area contributed by atoms with Gasteiger partial charge in [-0.2, -0.15) is 0 Å². The van der Waals surface area contributed by atoms with Gasteiger partial charge in [0, 0.05) is 23.8 Å². The predicted molar refractivity (Wildman–Crippen MR) is 59.1 cm³/mol. The molecule has 86 valence electrons. The first-order valence-electron chi connectivity index (χ1n) is 4.50. The third-order valence-electron chi connectivity index (χ3n) is 2.07. The second-order valence-electron chi connectivity index (χ2n) is 3.15. The first-order valence-corrected chi connectivity index (χ1v) is 4.87. The predicted octanol–water partition coefficient (Wildman–Crippen LogP) is 2.84. The van der Waals surface area contributed by atoms with Gasteiger partial charge < -0.3 is 0 Å². The van der Waals surface area contributed by atoms with E-state index in [9.17, 15) is 14.5 Å². The van der Waals surface area contributed by atoms with E-state index in [-0.39, 0.29) is 22.1 Å². The third kappa shape index (κ3) is 2.36. The van der Waals surface area contributed by atoms with Crippen LogP contribution in [0.3, 0.4) is 0 Å². The van der Waals surface area contributed by atoms with Crippen LogP contribution in [0.25, 0.3) is 11.3 Å². The molecule has 2 aromatic rings. The molecule has 1 aromatic heterocycles. The highest BCUT2D eigenvalue weighted by Gasteiger charge is 2.13. The van der Waals surface area contributed by atoms with Crippen molar-refractivity contribution in [1.29, 1.82) is 0 Å². The van der Waals surface area contributed by atoms with Gasteiger partial charge in [0.25, 0.3) is 5.69 Å². The highest BCUT2D eigenvalue weighted by Crippen LogP contribution is 2.26. The number of nitro benzene ring substituents is 1. The van der Waals surface area contributed by atoms with Gasteiger partial charge in [0.1, 0.15) is 17.3 Å². The first-order chi connectivity index (χ1) is 8.08. The van der Waals surface area contributed by atoms with E-state index in [2.05, 4.69) is 9.97 Å². The minimum atomic E-state index is -0.606. The van der Waals surface area contributed by atoms with Crippen molar-refractivity contribution in [1.82, 2.24) is 9.97 Å². The van der Waals surface area contributed by atoms with E-state index in [1.54, 1.807) is 0 Å². The number of halogens is 2. The van der Waals surface area contributed by atoms with Gasteiger partial charge in [0.15, 0.2) is 0 Å². The quantitative estimate of drug-likeness (QED) is 0.469. The van der Waals surface area contributed by atoms with Gasteiger partial charge in [-0.15, -0.1) is 0 Å². The molecule has 17 heavy (non-hydrogen) atoms. The molecule has 0 aliphatic heterocycles. The molecule has 0 spiro atoms. The maximum absolute atomic E-state index is 13.5. The summed E-state index contributed by atoms with van der Waals surface area (Å²) in [6.07, 6.45) is 1.16. The summed E-state index contributed by atoms with van der Waals surface area (Å²) in [5.74, 6) is -0.606. The summed E-state index contributed by atoms with van der Waals surface area (Å²) in [4.78, 5) is 17.4. The van der Waals surface area contributed by atoms with E-state index >= 15 is 0 Å². The van der Waals surface area contributed by atoms with Crippen molar-refractivity contribution in [2.45, 2.75) is 0 Å². The summed E-state index contributed by atoms with van der Waals surface area (Å²) >= 11 is 5.64. The zero-order chi connectivity index (χ0) is 12.4. The maximum atomic E-state index is 13.5. The molecule has 0 bridgehead atoms. The van der Waals surface area contributed by atoms with Crippen LogP contribution in [0.15, 0.2) is 30.6 Å². The number of non-ortho nitro benzene ring substituents is 1. The molecule has 0 N–H and O–H groups in total. The smallest absolute Gasteiger partial charge is 0.258 e. The lowest BCUT2D eigenvalue weighted by Crippen LogP contribution is -1.93. The van der Waals surface area contributed by atoms with Gasteiger partial charge in [-0.25, -0.2) is 14.4 Å². The Bertz CT molecular complexity index is 592. The van der Waals surface area contributed by atoms with Crippen molar-refractivity contribution >= 4 is 17.3 Å². The van der Waals surface area contributed by atoms with Gasteiger partial charge in [0.05, 0.1) is 10.6 Å². The number of nitrogens with zero attached hydrogens (tertiary/aromatic N) is 3. The number of hydrogen-bond donors (Lipinski definition) is 0. The van der Waals surface area contributed by atoms with Crippen molar-refractivity contribution in [3.63, 3.8) is 0 Å². The summed E-state index contributed by atoms with van der Waals surface area (Å²) < 4.78 is 13.5. The molecule has 0 atom stereocenters. The maximum Gasteiger partial charge on any atom is 0.270 e. The number of nitro groups is 1. The molecule has 0 amide bonds. The molecule has 2 rings (SSSR count). The summed E-state index contributed by atoms with van der Waals surface area (Å²) in [7, 11) is 0. The highest BCUT2D eigenvalue weighted by atomic mass is 35.5. The molecule has 0 fully saturated rings. The van der Waals surface area contributed by atoms with Crippen molar-refractivity contribution in [2.24, 2.45) is 0 Å². The Hall–Kier alpha value is -2.08. The van der Waals surface area contributed by atoms with Gasteiger partial charge in [0.2, 0.25) is 0 Å². The first kappa shape index (κ1) is 11.4. The summed E-state index contributed by atoms with van der Waals surface area (Å²) in [5, 5.41) is 10.7. The minimum Gasteiger partial charge on any atom is -0.258 e. The molecule has 5 nitrogen and oxygen atoms in total. The van der Waals surface area contributed by atoms with Gasteiger partial charge >= 0.3 is 0 Å². The van der Waals surface area contributed by atoms with Crippen LogP contribution in [0, 0.1) is 15.9 Å². The Morgan fingerprint density at radius 1 is 1.29 bits per heavy atom. The second kappa shape index (κ2) is 4.42. The van der Waals surface area contributed by atoms with E-state index in [1.807, 2.05) is 0 Å². The summed E-state index contributed by atoms with van der Waals surface area (Å²) in [6.45, 7) is 0. The normalized spacial score (nSPS) is 10.2. The van der Waals surface area contributed by atoms with Gasteiger partial charge in [-0.3, -0.25) is 10.1 Å². The molecule has 0 radical (unpaired) electrons. The Labute approximate surface area is 100 Å². The average Bonchev–Trinajstić information content (AvgIpc) is 2.29. The van der Waals surface area contributed by atoms with E-state index in [0.29, 0.717) is 0 Å². The Morgan fingerprint density at radius 2 is 2.06 bits per heavy atom. The number of benzene rings is 1. The topological polar surface area (TPSA) is 68.9 Å². The molecule has 0 aliphatic carbocycles. The molecule has 0 saturated carbocycles. The van der Waals surface area contributed by atoms with E-state index < -0.39 is 10.7 Å². The second-order valence-corrected chi connectivity index (χ2v) is 3.53. The van der Waals surface area contributed by atoms with E-state index in [4.69, 9.17) is 11.6 Å².